The van der Waals surface area contributed by atoms with Crippen LogP contribution in [0.2, 0.25) is 0 Å². The second-order valence-electron chi connectivity index (χ2n) is 5.25. The molecule has 3 rings (SSSR count). The van der Waals surface area contributed by atoms with E-state index in [2.05, 4.69) is 5.32 Å². The molecule has 0 spiro atoms. The lowest BCUT2D eigenvalue weighted by atomic mass is 10.1. The molecule has 2 amide bonds. The Balaban J connectivity index is 1.76. The maximum absolute atomic E-state index is 12.0. The molecule has 1 aliphatic carbocycles. The molecule has 1 heterocycles. The van der Waals surface area contributed by atoms with E-state index >= 15 is 0 Å². The van der Waals surface area contributed by atoms with Gasteiger partial charge in [-0.3, -0.25) is 14.5 Å². The molecule has 21 heavy (non-hydrogen) atoms. The van der Waals surface area contributed by atoms with Crippen LogP contribution in [0, 0.1) is 0 Å². The Kier molecular flexibility index (Phi) is 3.48. The fourth-order valence-corrected chi connectivity index (χ4v) is 2.74. The number of benzene rings is 1. The van der Waals surface area contributed by atoms with Gasteiger partial charge < -0.3 is 15.5 Å². The van der Waals surface area contributed by atoms with Crippen molar-refractivity contribution in [3.05, 3.63) is 41.1 Å². The molecule has 110 valence electrons. The minimum absolute atomic E-state index is 0.00424. The van der Waals surface area contributed by atoms with Crippen molar-refractivity contribution in [3.63, 3.8) is 0 Å². The molecule has 0 aromatic heterocycles. The monoisotopic (exact) mass is 288 g/mol. The number of aliphatic hydroxyl groups excluding tert-OH is 2. The van der Waals surface area contributed by atoms with Crippen LogP contribution in [0.5, 0.6) is 0 Å². The Bertz CT molecular complexity index is 639. The van der Waals surface area contributed by atoms with Gasteiger partial charge in [0, 0.05) is 11.8 Å². The quantitative estimate of drug-likeness (QED) is 0.668. The number of rotatable bonds is 4. The van der Waals surface area contributed by atoms with Gasteiger partial charge in [0.25, 0.3) is 11.8 Å². The van der Waals surface area contributed by atoms with E-state index in [1.165, 1.54) is 6.08 Å². The van der Waals surface area contributed by atoms with Crippen LogP contribution in [0.15, 0.2) is 30.0 Å². The summed E-state index contributed by atoms with van der Waals surface area (Å²) in [4.78, 5) is 24.7. The highest BCUT2D eigenvalue weighted by Gasteiger charge is 2.30. The Labute approximate surface area is 121 Å². The number of hydrogen-bond acceptors (Lipinski definition) is 5. The Morgan fingerprint density at radius 2 is 2.00 bits per heavy atom. The first-order valence-electron chi connectivity index (χ1n) is 6.84. The lowest BCUT2D eigenvalue weighted by molar-refractivity contribution is -0.137. The van der Waals surface area contributed by atoms with Gasteiger partial charge in [0.1, 0.15) is 5.70 Å². The number of aliphatic hydroxyl groups is 2. The number of anilines is 1. The number of fused-ring (bicyclic) bond motifs is 1. The molecule has 6 heteroatoms. The molecule has 1 aliphatic heterocycles. The molecule has 0 saturated carbocycles. The number of amides is 2. The third-order valence-electron chi connectivity index (χ3n) is 3.73. The maximum atomic E-state index is 12.0. The van der Waals surface area contributed by atoms with E-state index < -0.39 is 11.8 Å². The van der Waals surface area contributed by atoms with Gasteiger partial charge in [0.15, 0.2) is 0 Å². The smallest absolute Gasteiger partial charge is 0.277 e. The number of carbonyl (C=O) groups is 2. The van der Waals surface area contributed by atoms with Crippen LogP contribution < -0.4 is 5.32 Å². The van der Waals surface area contributed by atoms with Crippen LogP contribution >= 0.6 is 0 Å². The first-order valence-corrected chi connectivity index (χ1v) is 6.84. The molecule has 0 radical (unpaired) electrons. The molecule has 3 N–H and O–H groups in total. The zero-order valence-electron chi connectivity index (χ0n) is 11.4. The molecular weight excluding hydrogens is 272 g/mol. The van der Waals surface area contributed by atoms with Crippen molar-refractivity contribution in [2.24, 2.45) is 0 Å². The molecule has 1 aromatic carbocycles. The standard InChI is InChI=1S/C15H16N2O4/c18-4-3-17-14(20)8-13(15(17)21)16-11-2-1-9-6-12(19)7-10(9)5-11/h1-2,5,8,12,16,18-19H,3-4,6-7H2. The van der Waals surface area contributed by atoms with Crippen molar-refractivity contribution in [2.45, 2.75) is 18.9 Å². The van der Waals surface area contributed by atoms with Crippen LogP contribution in [0.25, 0.3) is 0 Å². The first-order chi connectivity index (χ1) is 10.1. The van der Waals surface area contributed by atoms with Gasteiger partial charge in [-0.25, -0.2) is 0 Å². The van der Waals surface area contributed by atoms with Gasteiger partial charge >= 0.3 is 0 Å². The van der Waals surface area contributed by atoms with Gasteiger partial charge in [0.05, 0.1) is 19.3 Å². The molecule has 2 aliphatic rings. The summed E-state index contributed by atoms with van der Waals surface area (Å²) >= 11 is 0. The van der Waals surface area contributed by atoms with Gasteiger partial charge in [-0.05, 0) is 36.1 Å². The summed E-state index contributed by atoms with van der Waals surface area (Å²) < 4.78 is 0. The Morgan fingerprint density at radius 3 is 2.76 bits per heavy atom. The minimum Gasteiger partial charge on any atom is -0.395 e. The van der Waals surface area contributed by atoms with Crippen LogP contribution in [-0.4, -0.2) is 46.2 Å². The highest BCUT2D eigenvalue weighted by atomic mass is 16.3. The maximum Gasteiger partial charge on any atom is 0.277 e. The number of imide groups is 1. The zero-order valence-corrected chi connectivity index (χ0v) is 11.4. The number of nitrogens with one attached hydrogen (secondary N) is 1. The molecule has 0 fully saturated rings. The Morgan fingerprint density at radius 1 is 1.24 bits per heavy atom. The van der Waals surface area contributed by atoms with Crippen molar-refractivity contribution in [2.75, 3.05) is 18.5 Å². The molecule has 0 bridgehead atoms. The third kappa shape index (κ3) is 2.55. The van der Waals surface area contributed by atoms with E-state index in [0.717, 1.165) is 16.0 Å². The largest absolute Gasteiger partial charge is 0.395 e. The minimum atomic E-state index is -0.436. The molecule has 1 unspecified atom stereocenters. The zero-order chi connectivity index (χ0) is 15.0. The van der Waals surface area contributed by atoms with E-state index in [-0.39, 0.29) is 25.0 Å². The van der Waals surface area contributed by atoms with E-state index in [0.29, 0.717) is 18.5 Å². The predicted molar refractivity (Wildman–Crippen MR) is 75.4 cm³/mol. The van der Waals surface area contributed by atoms with Gasteiger partial charge in [-0.2, -0.15) is 0 Å². The number of nitrogens with zero attached hydrogens (tertiary/aromatic N) is 1. The number of β-amino-alcohol motifs (C(OH)–C–C–N with tert-alkyl or cyclic N) is 1. The van der Waals surface area contributed by atoms with Crippen LogP contribution in [0.3, 0.4) is 0 Å². The highest BCUT2D eigenvalue weighted by Crippen LogP contribution is 2.26. The van der Waals surface area contributed by atoms with Crippen molar-refractivity contribution < 1.29 is 19.8 Å². The van der Waals surface area contributed by atoms with Crippen LogP contribution in [0.1, 0.15) is 11.1 Å². The summed E-state index contributed by atoms with van der Waals surface area (Å²) in [6, 6.07) is 5.63. The summed E-state index contributed by atoms with van der Waals surface area (Å²) in [7, 11) is 0. The molecule has 1 aromatic rings. The molecule has 0 saturated heterocycles. The summed E-state index contributed by atoms with van der Waals surface area (Å²) in [6.45, 7) is -0.259. The molecular formula is C15H16N2O4. The normalized spacial score (nSPS) is 20.8. The lowest BCUT2D eigenvalue weighted by Crippen LogP contribution is -2.34. The third-order valence-corrected chi connectivity index (χ3v) is 3.73. The van der Waals surface area contributed by atoms with Gasteiger partial charge in [-0.1, -0.05) is 6.07 Å². The van der Waals surface area contributed by atoms with Crippen LogP contribution in [0.4, 0.5) is 5.69 Å². The molecule has 1 atom stereocenters. The summed E-state index contributed by atoms with van der Waals surface area (Å²) in [6.07, 6.45) is 2.15. The summed E-state index contributed by atoms with van der Waals surface area (Å²) in [5.74, 6) is -0.859. The highest BCUT2D eigenvalue weighted by molar-refractivity contribution is 6.17. The van der Waals surface area contributed by atoms with Gasteiger partial charge in [-0.15, -0.1) is 0 Å². The van der Waals surface area contributed by atoms with E-state index in [1.807, 2.05) is 18.2 Å². The first kappa shape index (κ1) is 13.8. The van der Waals surface area contributed by atoms with Crippen molar-refractivity contribution in [1.29, 1.82) is 0 Å². The average Bonchev–Trinajstić information content (AvgIpc) is 2.93. The van der Waals surface area contributed by atoms with E-state index in [4.69, 9.17) is 5.11 Å². The lowest BCUT2D eigenvalue weighted by Gasteiger charge is -2.13. The van der Waals surface area contributed by atoms with E-state index in [1.54, 1.807) is 0 Å². The summed E-state index contributed by atoms with van der Waals surface area (Å²) in [5, 5.41) is 21.4. The van der Waals surface area contributed by atoms with E-state index in [9.17, 15) is 14.7 Å². The van der Waals surface area contributed by atoms with Crippen molar-refractivity contribution >= 4 is 17.5 Å². The fraction of sp³-hybridized carbons (Fsp3) is 0.333. The number of carbonyl (C=O) groups excluding carboxylic acids is 2. The second-order valence-corrected chi connectivity index (χ2v) is 5.25. The molecule has 6 nitrogen and oxygen atoms in total. The fourth-order valence-electron chi connectivity index (χ4n) is 2.74. The average molecular weight is 288 g/mol. The predicted octanol–water partition coefficient (Wildman–Crippen LogP) is -0.197. The van der Waals surface area contributed by atoms with Gasteiger partial charge in [0.2, 0.25) is 0 Å². The topological polar surface area (TPSA) is 89.9 Å². The van der Waals surface area contributed by atoms with Crippen molar-refractivity contribution in [3.8, 4) is 0 Å². The second kappa shape index (κ2) is 5.31. The Hall–Kier alpha value is -2.18. The SMILES string of the molecule is O=C1C=C(Nc2ccc3c(c2)CC(O)C3)C(=O)N1CCO. The summed E-state index contributed by atoms with van der Waals surface area (Å²) in [5.41, 5.74) is 3.07. The van der Waals surface area contributed by atoms with Crippen molar-refractivity contribution in [1.82, 2.24) is 4.90 Å². The number of hydrogen-bond donors (Lipinski definition) is 3. The van der Waals surface area contributed by atoms with Crippen LogP contribution in [-0.2, 0) is 22.4 Å².